The molecule has 3 heteroatoms. The standard InChI is InChI=1S/C12H8NS.Rh/c1-3-7-11-9(5-1)13-10-6-2-4-8-12(10)14-11;/h1-8H;/q-1;. The smallest absolute Gasteiger partial charge is 0 e. The molecule has 0 amide bonds. The summed E-state index contributed by atoms with van der Waals surface area (Å²) in [5, 5.41) is 4.59. The Balaban J connectivity index is 0.000000853. The minimum atomic E-state index is 0. The van der Waals surface area contributed by atoms with Crippen molar-refractivity contribution in [1.29, 1.82) is 0 Å². The molecule has 0 fully saturated rings. The second kappa shape index (κ2) is 4.38. The van der Waals surface area contributed by atoms with E-state index in [9.17, 15) is 0 Å². The molecule has 0 N–H and O–H groups in total. The summed E-state index contributed by atoms with van der Waals surface area (Å²) in [6.45, 7) is 0. The fraction of sp³-hybridized carbons (Fsp3) is 0. The van der Waals surface area contributed by atoms with E-state index in [2.05, 4.69) is 41.7 Å². The molecule has 0 saturated heterocycles. The van der Waals surface area contributed by atoms with Crippen LogP contribution in [0.1, 0.15) is 0 Å². The second-order valence-electron chi connectivity index (χ2n) is 3.15. The van der Waals surface area contributed by atoms with Crippen molar-refractivity contribution in [3.63, 3.8) is 0 Å². The minimum Gasteiger partial charge on any atom is -0.656 e. The number of hydrogen-bond donors (Lipinski definition) is 0. The Morgan fingerprint density at radius 1 is 0.733 bits per heavy atom. The summed E-state index contributed by atoms with van der Waals surface area (Å²) in [5.41, 5.74) is 2.16. The third-order valence-electron chi connectivity index (χ3n) is 2.19. The van der Waals surface area contributed by atoms with Gasteiger partial charge in [0.1, 0.15) is 0 Å². The van der Waals surface area contributed by atoms with E-state index in [0.717, 1.165) is 11.4 Å². The van der Waals surface area contributed by atoms with E-state index in [1.54, 1.807) is 11.8 Å². The molecule has 2 aromatic rings. The molecule has 1 aliphatic heterocycles. The van der Waals surface area contributed by atoms with Crippen LogP contribution in [0, 0.1) is 0 Å². The number of hydrogen-bond acceptors (Lipinski definition) is 1. The van der Waals surface area contributed by atoms with Crippen LogP contribution in [0.4, 0.5) is 11.4 Å². The number of fused-ring (bicyclic) bond motifs is 2. The zero-order chi connectivity index (χ0) is 9.38. The van der Waals surface area contributed by atoms with Crippen LogP contribution < -0.4 is 0 Å². The van der Waals surface area contributed by atoms with Gasteiger partial charge in [-0.1, -0.05) is 48.2 Å². The number of nitrogens with zero attached hydrogens (tertiary/aromatic N) is 1. The van der Waals surface area contributed by atoms with Gasteiger partial charge in [0.05, 0.1) is 0 Å². The topological polar surface area (TPSA) is 14.1 Å². The molecule has 1 aliphatic rings. The quantitative estimate of drug-likeness (QED) is 0.558. The van der Waals surface area contributed by atoms with Gasteiger partial charge >= 0.3 is 0 Å². The van der Waals surface area contributed by atoms with Crippen molar-refractivity contribution in [1.82, 2.24) is 0 Å². The maximum atomic E-state index is 4.59. The monoisotopic (exact) mass is 301 g/mol. The zero-order valence-corrected chi connectivity index (χ0v) is 10.3. The predicted molar refractivity (Wildman–Crippen MR) is 59.7 cm³/mol. The summed E-state index contributed by atoms with van der Waals surface area (Å²) in [4.78, 5) is 2.48. The molecular formula is C12H8NRhS-. The fourth-order valence-corrected chi connectivity index (χ4v) is 2.49. The molecule has 77 valence electrons. The number of rotatable bonds is 0. The zero-order valence-electron chi connectivity index (χ0n) is 7.81. The van der Waals surface area contributed by atoms with Gasteiger partial charge in [-0.3, -0.25) is 0 Å². The third kappa shape index (κ3) is 1.95. The molecule has 2 aromatic carbocycles. The molecule has 0 aliphatic carbocycles. The van der Waals surface area contributed by atoms with Crippen LogP contribution in [-0.4, -0.2) is 0 Å². The van der Waals surface area contributed by atoms with Crippen molar-refractivity contribution in [2.45, 2.75) is 9.79 Å². The molecule has 0 spiro atoms. The summed E-state index contributed by atoms with van der Waals surface area (Å²) < 4.78 is 0. The van der Waals surface area contributed by atoms with Gasteiger partial charge in [0, 0.05) is 19.5 Å². The summed E-state index contributed by atoms with van der Waals surface area (Å²) >= 11 is 1.79. The average molecular weight is 301 g/mol. The Bertz CT molecular complexity index is 397. The molecule has 0 aromatic heterocycles. The van der Waals surface area contributed by atoms with Gasteiger partial charge < -0.3 is 5.32 Å². The average Bonchev–Trinajstić information content (AvgIpc) is 2.26. The minimum absolute atomic E-state index is 0. The first-order valence-corrected chi connectivity index (χ1v) is 5.33. The molecule has 0 unspecified atom stereocenters. The van der Waals surface area contributed by atoms with Crippen LogP contribution >= 0.6 is 11.8 Å². The summed E-state index contributed by atoms with van der Waals surface area (Å²) in [5.74, 6) is 0. The van der Waals surface area contributed by atoms with Crippen LogP contribution in [0.3, 0.4) is 0 Å². The first-order valence-electron chi connectivity index (χ1n) is 4.51. The van der Waals surface area contributed by atoms with Crippen LogP contribution in [0.25, 0.3) is 5.32 Å². The molecule has 1 heterocycles. The molecule has 15 heavy (non-hydrogen) atoms. The molecule has 3 rings (SSSR count). The Morgan fingerprint density at radius 2 is 1.20 bits per heavy atom. The van der Waals surface area contributed by atoms with E-state index in [1.807, 2.05) is 12.1 Å². The SMILES string of the molecule is [Rh].c1ccc2c(c1)[N-]c1ccccc1S2. The molecule has 0 saturated carbocycles. The van der Waals surface area contributed by atoms with E-state index >= 15 is 0 Å². The van der Waals surface area contributed by atoms with Crippen LogP contribution in [0.5, 0.6) is 0 Å². The largest absolute Gasteiger partial charge is 0.656 e. The van der Waals surface area contributed by atoms with Crippen LogP contribution in [0.2, 0.25) is 0 Å². The maximum Gasteiger partial charge on any atom is 0 e. The Kier molecular flexibility index (Phi) is 3.13. The summed E-state index contributed by atoms with van der Waals surface area (Å²) in [7, 11) is 0. The van der Waals surface area contributed by atoms with Gasteiger partial charge in [-0.05, 0) is 21.9 Å². The molecule has 0 atom stereocenters. The van der Waals surface area contributed by atoms with Crippen LogP contribution in [0.15, 0.2) is 58.3 Å². The van der Waals surface area contributed by atoms with Crippen molar-refractivity contribution in [2.75, 3.05) is 0 Å². The number of para-hydroxylation sites is 2. The van der Waals surface area contributed by atoms with E-state index in [0.29, 0.717) is 0 Å². The van der Waals surface area contributed by atoms with Gasteiger partial charge in [0.25, 0.3) is 0 Å². The van der Waals surface area contributed by atoms with E-state index in [4.69, 9.17) is 0 Å². The normalized spacial score (nSPS) is 11.7. The maximum absolute atomic E-state index is 4.59. The van der Waals surface area contributed by atoms with E-state index < -0.39 is 0 Å². The fourth-order valence-electron chi connectivity index (χ4n) is 1.52. The van der Waals surface area contributed by atoms with Crippen molar-refractivity contribution in [3.8, 4) is 0 Å². The van der Waals surface area contributed by atoms with Crippen molar-refractivity contribution >= 4 is 23.1 Å². The molecular weight excluding hydrogens is 293 g/mol. The van der Waals surface area contributed by atoms with Gasteiger partial charge in [-0.25, -0.2) is 0 Å². The van der Waals surface area contributed by atoms with E-state index in [1.165, 1.54) is 9.79 Å². The van der Waals surface area contributed by atoms with Crippen LogP contribution in [-0.2, 0) is 19.5 Å². The predicted octanol–water partition coefficient (Wildman–Crippen LogP) is 4.49. The van der Waals surface area contributed by atoms with Crippen molar-refractivity contribution in [2.24, 2.45) is 0 Å². The first kappa shape index (κ1) is 10.7. The van der Waals surface area contributed by atoms with Gasteiger partial charge in [0.2, 0.25) is 0 Å². The number of benzene rings is 2. The summed E-state index contributed by atoms with van der Waals surface area (Å²) in [6, 6.07) is 16.5. The molecule has 1 nitrogen and oxygen atoms in total. The van der Waals surface area contributed by atoms with Crippen molar-refractivity contribution < 1.29 is 19.5 Å². The first-order chi connectivity index (χ1) is 6.93. The van der Waals surface area contributed by atoms with Crippen molar-refractivity contribution in [3.05, 3.63) is 53.8 Å². The Labute approximate surface area is 106 Å². The van der Waals surface area contributed by atoms with Gasteiger partial charge in [0.15, 0.2) is 0 Å². The summed E-state index contributed by atoms with van der Waals surface area (Å²) in [6.07, 6.45) is 0. The Hall–Kier alpha value is -0.787. The third-order valence-corrected chi connectivity index (χ3v) is 3.32. The Morgan fingerprint density at radius 3 is 1.73 bits per heavy atom. The van der Waals surface area contributed by atoms with Gasteiger partial charge in [-0.2, -0.15) is 0 Å². The molecule has 0 bridgehead atoms. The van der Waals surface area contributed by atoms with E-state index in [-0.39, 0.29) is 19.5 Å². The second-order valence-corrected chi connectivity index (χ2v) is 4.23. The molecule has 1 radical (unpaired) electrons. The van der Waals surface area contributed by atoms with Gasteiger partial charge in [-0.15, -0.1) is 11.4 Å².